The summed E-state index contributed by atoms with van der Waals surface area (Å²) >= 11 is 6.09. The van der Waals surface area contributed by atoms with Gasteiger partial charge in [-0.1, -0.05) is 17.7 Å². The van der Waals surface area contributed by atoms with Crippen LogP contribution in [-0.2, 0) is 4.79 Å². The zero-order valence-corrected chi connectivity index (χ0v) is 14.8. The van der Waals surface area contributed by atoms with Crippen molar-refractivity contribution in [2.45, 2.75) is 6.92 Å². The quantitative estimate of drug-likeness (QED) is 0.907. The summed E-state index contributed by atoms with van der Waals surface area (Å²) < 4.78 is 5.00. The van der Waals surface area contributed by atoms with Crippen LogP contribution in [0.2, 0.25) is 5.02 Å². The van der Waals surface area contributed by atoms with Gasteiger partial charge in [-0.15, -0.1) is 0 Å². The molecule has 0 bridgehead atoms. The topological polar surface area (TPSA) is 65.8 Å². The number of hydrogen-bond acceptors (Lipinski definition) is 4. The maximum Gasteiger partial charge on any atom is 0.287 e. The highest BCUT2D eigenvalue weighted by molar-refractivity contribution is 6.30. The standard InChI is InChI=1S/C18H20ClN3O3/c1-13-4-5-14(19)11-15(13)21-6-8-22(9-7-21)17(23)12-20-18(24)16-3-2-10-25-16/h2-5,10-11H,6-9,12H2,1H3,(H,20,24). The summed E-state index contributed by atoms with van der Waals surface area (Å²) in [4.78, 5) is 28.1. The van der Waals surface area contributed by atoms with Crippen molar-refractivity contribution in [1.29, 1.82) is 0 Å². The van der Waals surface area contributed by atoms with Crippen LogP contribution in [0.1, 0.15) is 16.1 Å². The molecule has 0 aliphatic carbocycles. The number of carbonyl (C=O) groups excluding carboxylic acids is 2. The third kappa shape index (κ3) is 4.14. The second kappa shape index (κ2) is 7.61. The SMILES string of the molecule is Cc1ccc(Cl)cc1N1CCN(C(=O)CNC(=O)c2ccco2)CC1. The largest absolute Gasteiger partial charge is 0.459 e. The summed E-state index contributed by atoms with van der Waals surface area (Å²) in [6.45, 7) is 4.71. The van der Waals surface area contributed by atoms with E-state index >= 15 is 0 Å². The lowest BCUT2D eigenvalue weighted by molar-refractivity contribution is -0.130. The lowest BCUT2D eigenvalue weighted by Crippen LogP contribution is -2.51. The molecule has 1 N–H and O–H groups in total. The number of carbonyl (C=O) groups is 2. The fourth-order valence-electron chi connectivity index (χ4n) is 2.88. The minimum Gasteiger partial charge on any atom is -0.459 e. The Morgan fingerprint density at radius 2 is 1.96 bits per heavy atom. The van der Waals surface area contributed by atoms with Crippen molar-refractivity contribution in [3.63, 3.8) is 0 Å². The maximum atomic E-state index is 12.3. The molecule has 0 saturated carbocycles. The van der Waals surface area contributed by atoms with Crippen molar-refractivity contribution in [3.05, 3.63) is 52.9 Å². The Hall–Kier alpha value is -2.47. The van der Waals surface area contributed by atoms with Gasteiger partial charge in [0.05, 0.1) is 12.8 Å². The second-order valence-corrected chi connectivity index (χ2v) is 6.40. The lowest BCUT2D eigenvalue weighted by atomic mass is 10.1. The average Bonchev–Trinajstić information content (AvgIpc) is 3.16. The number of piperazine rings is 1. The molecule has 1 fully saturated rings. The first-order valence-electron chi connectivity index (χ1n) is 8.15. The van der Waals surface area contributed by atoms with Gasteiger partial charge in [0.25, 0.3) is 5.91 Å². The molecule has 0 radical (unpaired) electrons. The summed E-state index contributed by atoms with van der Waals surface area (Å²) in [6.07, 6.45) is 1.42. The van der Waals surface area contributed by atoms with Crippen molar-refractivity contribution in [2.75, 3.05) is 37.6 Å². The summed E-state index contributed by atoms with van der Waals surface area (Å²) in [5, 5.41) is 3.29. The minimum absolute atomic E-state index is 0.0320. The number of aryl methyl sites for hydroxylation is 1. The van der Waals surface area contributed by atoms with Crippen LogP contribution in [0.15, 0.2) is 41.0 Å². The van der Waals surface area contributed by atoms with Crippen LogP contribution in [0.4, 0.5) is 5.69 Å². The molecule has 25 heavy (non-hydrogen) atoms. The molecule has 0 atom stereocenters. The Balaban J connectivity index is 1.51. The van der Waals surface area contributed by atoms with Crippen molar-refractivity contribution < 1.29 is 14.0 Å². The number of nitrogens with zero attached hydrogens (tertiary/aromatic N) is 2. The molecular weight excluding hydrogens is 342 g/mol. The van der Waals surface area contributed by atoms with E-state index in [1.165, 1.54) is 6.26 Å². The van der Waals surface area contributed by atoms with Crippen LogP contribution in [-0.4, -0.2) is 49.4 Å². The molecule has 1 aliphatic rings. The molecule has 2 aromatic rings. The molecule has 0 spiro atoms. The van der Waals surface area contributed by atoms with Gasteiger partial charge in [-0.05, 0) is 36.8 Å². The van der Waals surface area contributed by atoms with E-state index in [2.05, 4.69) is 10.2 Å². The second-order valence-electron chi connectivity index (χ2n) is 5.96. The Labute approximate surface area is 151 Å². The van der Waals surface area contributed by atoms with Gasteiger partial charge in [-0.3, -0.25) is 9.59 Å². The molecule has 1 aromatic carbocycles. The van der Waals surface area contributed by atoms with Gasteiger partial charge < -0.3 is 19.5 Å². The Bertz CT molecular complexity index is 753. The third-order valence-electron chi connectivity index (χ3n) is 4.29. The summed E-state index contributed by atoms with van der Waals surface area (Å²) in [7, 11) is 0. The van der Waals surface area contributed by atoms with Crippen LogP contribution in [0.3, 0.4) is 0 Å². The van der Waals surface area contributed by atoms with E-state index in [9.17, 15) is 9.59 Å². The first-order valence-corrected chi connectivity index (χ1v) is 8.53. The number of benzene rings is 1. The smallest absolute Gasteiger partial charge is 0.287 e. The number of furan rings is 1. The summed E-state index contributed by atoms with van der Waals surface area (Å²) in [6, 6.07) is 9.03. The first kappa shape index (κ1) is 17.4. The predicted molar refractivity (Wildman–Crippen MR) is 96.0 cm³/mol. The third-order valence-corrected chi connectivity index (χ3v) is 4.52. The minimum atomic E-state index is -0.383. The maximum absolute atomic E-state index is 12.3. The van der Waals surface area contributed by atoms with Crippen molar-refractivity contribution in [3.8, 4) is 0 Å². The number of rotatable bonds is 4. The monoisotopic (exact) mass is 361 g/mol. The van der Waals surface area contributed by atoms with Gasteiger partial charge in [0.2, 0.25) is 5.91 Å². The van der Waals surface area contributed by atoms with Crippen LogP contribution in [0.25, 0.3) is 0 Å². The van der Waals surface area contributed by atoms with Crippen LogP contribution in [0, 0.1) is 6.92 Å². The molecule has 132 valence electrons. The number of hydrogen-bond donors (Lipinski definition) is 1. The highest BCUT2D eigenvalue weighted by Gasteiger charge is 2.22. The fourth-order valence-corrected chi connectivity index (χ4v) is 3.05. The van der Waals surface area contributed by atoms with Crippen molar-refractivity contribution in [2.24, 2.45) is 0 Å². The molecule has 3 rings (SSSR count). The predicted octanol–water partition coefficient (Wildman–Crippen LogP) is 2.32. The number of halogens is 1. The van der Waals surface area contributed by atoms with E-state index in [-0.39, 0.29) is 24.1 Å². The van der Waals surface area contributed by atoms with E-state index in [4.69, 9.17) is 16.0 Å². The molecule has 0 unspecified atom stereocenters. The van der Waals surface area contributed by atoms with E-state index in [0.717, 1.165) is 24.3 Å². The first-order chi connectivity index (χ1) is 12.0. The van der Waals surface area contributed by atoms with Crippen LogP contribution in [0.5, 0.6) is 0 Å². The molecule has 6 nitrogen and oxygen atoms in total. The Morgan fingerprint density at radius 3 is 2.64 bits per heavy atom. The van der Waals surface area contributed by atoms with Gasteiger partial charge in [-0.25, -0.2) is 0 Å². The average molecular weight is 362 g/mol. The van der Waals surface area contributed by atoms with E-state index in [1.807, 2.05) is 25.1 Å². The van der Waals surface area contributed by atoms with E-state index in [0.29, 0.717) is 18.1 Å². The number of amides is 2. The van der Waals surface area contributed by atoms with Gasteiger partial charge >= 0.3 is 0 Å². The van der Waals surface area contributed by atoms with Gasteiger partial charge in [0.1, 0.15) is 0 Å². The molecule has 2 amide bonds. The number of anilines is 1. The summed E-state index contributed by atoms with van der Waals surface area (Å²) in [5.41, 5.74) is 2.26. The number of nitrogens with one attached hydrogen (secondary N) is 1. The van der Waals surface area contributed by atoms with Gasteiger partial charge in [0.15, 0.2) is 5.76 Å². The van der Waals surface area contributed by atoms with Crippen molar-refractivity contribution >= 4 is 29.1 Å². The Kier molecular flexibility index (Phi) is 5.28. The molecule has 7 heteroatoms. The molecule has 1 aliphatic heterocycles. The highest BCUT2D eigenvalue weighted by atomic mass is 35.5. The lowest BCUT2D eigenvalue weighted by Gasteiger charge is -2.37. The highest BCUT2D eigenvalue weighted by Crippen LogP contribution is 2.25. The molecule has 2 heterocycles. The Morgan fingerprint density at radius 1 is 1.20 bits per heavy atom. The van der Waals surface area contributed by atoms with Crippen molar-refractivity contribution in [1.82, 2.24) is 10.2 Å². The van der Waals surface area contributed by atoms with Crippen LogP contribution < -0.4 is 10.2 Å². The zero-order chi connectivity index (χ0) is 17.8. The van der Waals surface area contributed by atoms with Gasteiger partial charge in [-0.2, -0.15) is 0 Å². The summed E-state index contributed by atoms with van der Waals surface area (Å²) in [5.74, 6) is -0.275. The fraction of sp³-hybridized carbons (Fsp3) is 0.333. The van der Waals surface area contributed by atoms with E-state index in [1.54, 1.807) is 17.0 Å². The zero-order valence-electron chi connectivity index (χ0n) is 14.0. The van der Waals surface area contributed by atoms with Gasteiger partial charge in [0, 0.05) is 36.9 Å². The van der Waals surface area contributed by atoms with E-state index < -0.39 is 0 Å². The van der Waals surface area contributed by atoms with Crippen LogP contribution >= 0.6 is 11.6 Å². The molecule has 1 aromatic heterocycles. The normalized spacial score (nSPS) is 14.5. The molecular formula is C18H20ClN3O3. The molecule has 1 saturated heterocycles.